The van der Waals surface area contributed by atoms with Gasteiger partial charge in [0.1, 0.15) is 0 Å². The van der Waals surface area contributed by atoms with E-state index in [4.69, 9.17) is 0 Å². The minimum absolute atomic E-state index is 0.151. The van der Waals surface area contributed by atoms with Crippen molar-refractivity contribution in [2.24, 2.45) is 10.2 Å². The Kier molecular flexibility index (Phi) is 5.36. The smallest absolute Gasteiger partial charge is 0.231 e. The van der Waals surface area contributed by atoms with Gasteiger partial charge in [-0.25, -0.2) is 4.98 Å². The second kappa shape index (κ2) is 8.08. The van der Waals surface area contributed by atoms with Crippen LogP contribution in [0.5, 0.6) is 5.88 Å². The van der Waals surface area contributed by atoms with E-state index < -0.39 is 0 Å². The Morgan fingerprint density at radius 2 is 1.79 bits per heavy atom. The molecule has 0 fully saturated rings. The first-order chi connectivity index (χ1) is 13.7. The number of rotatable bonds is 7. The van der Waals surface area contributed by atoms with Crippen LogP contribution in [0.4, 0.5) is 10.8 Å². The molecular formula is C21H23N5OS. The standard InChI is InChI=1S/C21H23N5OS/c1-3-25(4-2)13-14-26-17-11-7-5-9-15(17)19(20(26)27)23-24-21-22-16-10-6-8-12-18(16)28-21/h5-12,27H,3-4,13-14H2,1-2H3. The molecule has 0 aliphatic rings. The minimum atomic E-state index is 0.151. The molecule has 0 saturated carbocycles. The summed E-state index contributed by atoms with van der Waals surface area (Å²) in [5, 5.41) is 21.0. The van der Waals surface area contributed by atoms with Crippen molar-refractivity contribution in [2.75, 3.05) is 19.6 Å². The van der Waals surface area contributed by atoms with Crippen LogP contribution in [-0.4, -0.2) is 39.2 Å². The zero-order valence-corrected chi connectivity index (χ0v) is 16.9. The van der Waals surface area contributed by atoms with Gasteiger partial charge in [-0.05, 0) is 31.3 Å². The van der Waals surface area contributed by atoms with Crippen LogP contribution >= 0.6 is 11.3 Å². The second-order valence-corrected chi connectivity index (χ2v) is 7.54. The third-order valence-corrected chi connectivity index (χ3v) is 5.89. The number of aromatic hydroxyl groups is 1. The van der Waals surface area contributed by atoms with Crippen LogP contribution in [-0.2, 0) is 6.54 Å². The van der Waals surface area contributed by atoms with Crippen LogP contribution in [0, 0.1) is 0 Å². The van der Waals surface area contributed by atoms with Gasteiger partial charge in [0.25, 0.3) is 0 Å². The van der Waals surface area contributed by atoms with E-state index in [1.807, 2.05) is 53.1 Å². The predicted molar refractivity (Wildman–Crippen MR) is 115 cm³/mol. The van der Waals surface area contributed by atoms with Crippen molar-refractivity contribution in [3.8, 4) is 5.88 Å². The van der Waals surface area contributed by atoms with Gasteiger partial charge in [-0.2, -0.15) is 0 Å². The molecule has 4 aromatic rings. The Hall–Kier alpha value is -2.77. The van der Waals surface area contributed by atoms with E-state index in [0.29, 0.717) is 17.4 Å². The number of hydrogen-bond donors (Lipinski definition) is 1. The lowest BCUT2D eigenvalue weighted by Crippen LogP contribution is -2.26. The lowest BCUT2D eigenvalue weighted by atomic mass is 10.2. The molecule has 2 aromatic heterocycles. The fourth-order valence-electron chi connectivity index (χ4n) is 3.37. The van der Waals surface area contributed by atoms with E-state index in [1.54, 1.807) is 0 Å². The molecule has 0 saturated heterocycles. The third-order valence-electron chi connectivity index (χ3n) is 4.97. The Labute approximate surface area is 167 Å². The van der Waals surface area contributed by atoms with E-state index in [-0.39, 0.29) is 5.88 Å². The number of fused-ring (bicyclic) bond motifs is 2. The third kappa shape index (κ3) is 3.50. The van der Waals surface area contributed by atoms with Crippen molar-refractivity contribution < 1.29 is 5.11 Å². The van der Waals surface area contributed by atoms with Gasteiger partial charge in [0, 0.05) is 18.5 Å². The number of thiazole rings is 1. The maximum absolute atomic E-state index is 10.9. The molecule has 7 heteroatoms. The number of hydrogen-bond acceptors (Lipinski definition) is 6. The maximum atomic E-state index is 10.9. The molecule has 0 radical (unpaired) electrons. The van der Waals surface area contributed by atoms with Crippen LogP contribution < -0.4 is 0 Å². The van der Waals surface area contributed by atoms with Crippen LogP contribution in [0.3, 0.4) is 0 Å². The van der Waals surface area contributed by atoms with Gasteiger partial charge in [-0.1, -0.05) is 55.5 Å². The van der Waals surface area contributed by atoms with Crippen LogP contribution in [0.25, 0.3) is 21.1 Å². The van der Waals surface area contributed by atoms with Crippen molar-refractivity contribution in [3.63, 3.8) is 0 Å². The van der Waals surface area contributed by atoms with Crippen LogP contribution in [0.2, 0.25) is 0 Å². The summed E-state index contributed by atoms with van der Waals surface area (Å²) in [4.78, 5) is 6.82. The van der Waals surface area contributed by atoms with Gasteiger partial charge < -0.3 is 14.6 Å². The monoisotopic (exact) mass is 393 g/mol. The molecule has 0 atom stereocenters. The molecule has 28 heavy (non-hydrogen) atoms. The lowest BCUT2D eigenvalue weighted by Gasteiger charge is -2.18. The number of aromatic nitrogens is 2. The summed E-state index contributed by atoms with van der Waals surface area (Å²) in [6, 6.07) is 15.8. The fourth-order valence-corrected chi connectivity index (χ4v) is 4.16. The largest absolute Gasteiger partial charge is 0.493 e. The molecule has 0 amide bonds. The number of para-hydroxylation sites is 2. The molecule has 0 unspecified atom stereocenters. The van der Waals surface area contributed by atoms with E-state index in [0.717, 1.165) is 40.8 Å². The highest BCUT2D eigenvalue weighted by Gasteiger charge is 2.17. The molecule has 2 heterocycles. The van der Waals surface area contributed by atoms with Crippen molar-refractivity contribution in [3.05, 3.63) is 48.5 Å². The number of likely N-dealkylation sites (N-methyl/N-ethyl adjacent to an activating group) is 1. The zero-order chi connectivity index (χ0) is 19.5. The molecule has 1 N–H and O–H groups in total. The summed E-state index contributed by atoms with van der Waals surface area (Å²) >= 11 is 1.49. The Morgan fingerprint density at radius 3 is 2.57 bits per heavy atom. The molecule has 144 valence electrons. The second-order valence-electron chi connectivity index (χ2n) is 6.53. The molecule has 0 bridgehead atoms. The highest BCUT2D eigenvalue weighted by Crippen LogP contribution is 2.40. The van der Waals surface area contributed by atoms with Crippen molar-refractivity contribution in [1.82, 2.24) is 14.5 Å². The first-order valence-electron chi connectivity index (χ1n) is 9.51. The lowest BCUT2D eigenvalue weighted by molar-refractivity contribution is 0.285. The van der Waals surface area contributed by atoms with Crippen molar-refractivity contribution in [1.29, 1.82) is 0 Å². The average Bonchev–Trinajstić information content (AvgIpc) is 3.25. The first kappa shape index (κ1) is 18.6. The van der Waals surface area contributed by atoms with Gasteiger partial charge in [-0.15, -0.1) is 10.2 Å². The summed E-state index contributed by atoms with van der Waals surface area (Å²) in [6.45, 7) is 7.84. The van der Waals surface area contributed by atoms with Gasteiger partial charge in [-0.3, -0.25) is 0 Å². The first-order valence-corrected chi connectivity index (χ1v) is 10.3. The maximum Gasteiger partial charge on any atom is 0.231 e. The predicted octanol–water partition coefficient (Wildman–Crippen LogP) is 5.71. The average molecular weight is 394 g/mol. The van der Waals surface area contributed by atoms with Gasteiger partial charge >= 0.3 is 0 Å². The molecular weight excluding hydrogens is 370 g/mol. The summed E-state index contributed by atoms with van der Waals surface area (Å²) < 4.78 is 2.99. The molecule has 6 nitrogen and oxygen atoms in total. The van der Waals surface area contributed by atoms with Crippen molar-refractivity contribution in [2.45, 2.75) is 20.4 Å². The van der Waals surface area contributed by atoms with Gasteiger partial charge in [0.05, 0.1) is 15.7 Å². The van der Waals surface area contributed by atoms with E-state index in [1.165, 1.54) is 11.3 Å². The number of azo groups is 1. The van der Waals surface area contributed by atoms with Crippen LogP contribution in [0.1, 0.15) is 13.8 Å². The molecule has 0 aliphatic carbocycles. The highest BCUT2D eigenvalue weighted by molar-refractivity contribution is 7.21. The topological polar surface area (TPSA) is 66.0 Å². The van der Waals surface area contributed by atoms with E-state index in [9.17, 15) is 5.11 Å². The zero-order valence-electron chi connectivity index (χ0n) is 16.0. The van der Waals surface area contributed by atoms with E-state index in [2.05, 4.69) is 34.0 Å². The summed E-state index contributed by atoms with van der Waals surface area (Å²) in [5.41, 5.74) is 2.37. The van der Waals surface area contributed by atoms with Crippen molar-refractivity contribution >= 4 is 43.3 Å². The normalized spacial score (nSPS) is 12.1. The van der Waals surface area contributed by atoms with E-state index >= 15 is 0 Å². The van der Waals surface area contributed by atoms with Gasteiger partial charge in [0.2, 0.25) is 11.0 Å². The Bertz CT molecular complexity index is 1090. The molecule has 0 aliphatic heterocycles. The summed E-state index contributed by atoms with van der Waals surface area (Å²) in [5.74, 6) is 0.151. The summed E-state index contributed by atoms with van der Waals surface area (Å²) in [6.07, 6.45) is 0. The Balaban J connectivity index is 1.69. The van der Waals surface area contributed by atoms with Gasteiger partial charge in [0.15, 0.2) is 5.69 Å². The number of benzene rings is 2. The molecule has 0 spiro atoms. The quantitative estimate of drug-likeness (QED) is 0.409. The van der Waals surface area contributed by atoms with Crippen LogP contribution in [0.15, 0.2) is 58.8 Å². The number of nitrogens with zero attached hydrogens (tertiary/aromatic N) is 5. The fraction of sp³-hybridized carbons (Fsp3) is 0.286. The highest BCUT2D eigenvalue weighted by atomic mass is 32.1. The summed E-state index contributed by atoms with van der Waals surface area (Å²) in [7, 11) is 0. The Morgan fingerprint density at radius 1 is 1.04 bits per heavy atom. The SMILES string of the molecule is CCN(CC)CCn1c(O)c(N=Nc2nc3ccccc3s2)c2ccccc21. The molecule has 4 rings (SSSR count). The minimum Gasteiger partial charge on any atom is -0.493 e. The molecule has 2 aromatic carbocycles.